The van der Waals surface area contributed by atoms with Crippen molar-refractivity contribution in [2.24, 2.45) is 0 Å². The summed E-state index contributed by atoms with van der Waals surface area (Å²) in [5, 5.41) is 6.93. The van der Waals surface area contributed by atoms with Gasteiger partial charge in [-0.25, -0.2) is 20.8 Å². The maximum atomic E-state index is 11.5. The molecule has 0 spiro atoms. The summed E-state index contributed by atoms with van der Waals surface area (Å²) in [4.78, 5) is 24.2. The van der Waals surface area contributed by atoms with Gasteiger partial charge in [0.25, 0.3) is 0 Å². The number of benzene rings is 1. The second-order valence-electron chi connectivity index (χ2n) is 6.95. The van der Waals surface area contributed by atoms with Gasteiger partial charge in [-0.2, -0.15) is 0 Å². The highest BCUT2D eigenvalue weighted by molar-refractivity contribution is 7.99. The van der Waals surface area contributed by atoms with Gasteiger partial charge in [0.1, 0.15) is 11.6 Å². The van der Waals surface area contributed by atoms with Crippen molar-refractivity contribution in [1.82, 2.24) is 20.8 Å². The molecular formula is C20H25N7OS. The van der Waals surface area contributed by atoms with E-state index in [4.69, 9.17) is 9.97 Å². The lowest BCUT2D eigenvalue weighted by Gasteiger charge is -2.32. The molecule has 0 atom stereocenters. The molecular weight excluding hydrogens is 386 g/mol. The van der Waals surface area contributed by atoms with Crippen LogP contribution in [0.25, 0.3) is 0 Å². The number of carbonyl (C=O) groups excluding carboxylic acids is 1. The molecule has 4 N–H and O–H groups in total. The van der Waals surface area contributed by atoms with E-state index < -0.39 is 5.79 Å². The summed E-state index contributed by atoms with van der Waals surface area (Å²) in [6, 6.07) is 9.71. The molecule has 29 heavy (non-hydrogen) atoms. The van der Waals surface area contributed by atoms with E-state index in [0.717, 1.165) is 35.3 Å². The zero-order valence-corrected chi connectivity index (χ0v) is 17.3. The highest BCUT2D eigenvalue weighted by Crippen LogP contribution is 2.31. The van der Waals surface area contributed by atoms with Gasteiger partial charge >= 0.3 is 0 Å². The summed E-state index contributed by atoms with van der Waals surface area (Å²) in [6.07, 6.45) is 5.63. The molecule has 1 aromatic heterocycles. The average Bonchev–Trinajstić information content (AvgIpc) is 3.41. The van der Waals surface area contributed by atoms with E-state index >= 15 is 0 Å². The van der Waals surface area contributed by atoms with Crippen LogP contribution in [0.4, 0.5) is 17.3 Å². The minimum absolute atomic E-state index is 0.00375. The standard InChI is InChI=1S/C20H25N7OS/c1-3-10-20(25-26-20)24-16-13-17(27-11-5-12-27)23-19(22-16)29-15-8-6-14(7-9-15)21-18(28)4-2/h3,6-10,13,25-26H,4-5,11-12H2,1-2H3,(H,21,28)(H,22,23,24)/b10-3+. The van der Waals surface area contributed by atoms with Crippen LogP contribution in [0, 0.1) is 0 Å². The Morgan fingerprint density at radius 1 is 1.28 bits per heavy atom. The van der Waals surface area contributed by atoms with E-state index in [-0.39, 0.29) is 5.91 Å². The Morgan fingerprint density at radius 2 is 2.03 bits per heavy atom. The number of allylic oxidation sites excluding steroid dienone is 1. The number of hydrogen-bond acceptors (Lipinski definition) is 8. The molecule has 152 valence electrons. The predicted molar refractivity (Wildman–Crippen MR) is 116 cm³/mol. The second kappa shape index (κ2) is 8.40. The van der Waals surface area contributed by atoms with Crippen molar-refractivity contribution in [3.63, 3.8) is 0 Å². The van der Waals surface area contributed by atoms with E-state index in [0.29, 0.717) is 11.6 Å². The normalized spacial score (nSPS) is 17.1. The van der Waals surface area contributed by atoms with Gasteiger partial charge in [-0.1, -0.05) is 13.0 Å². The minimum Gasteiger partial charge on any atom is -0.356 e. The quantitative estimate of drug-likeness (QED) is 0.298. The van der Waals surface area contributed by atoms with Gasteiger partial charge in [0.15, 0.2) is 10.9 Å². The Hall–Kier alpha value is -2.62. The largest absolute Gasteiger partial charge is 0.356 e. The molecule has 0 bridgehead atoms. The number of hydrogen-bond donors (Lipinski definition) is 4. The lowest BCUT2D eigenvalue weighted by atomic mass is 10.2. The first kappa shape index (κ1) is 19.7. The summed E-state index contributed by atoms with van der Waals surface area (Å²) in [5.41, 5.74) is 7.00. The Balaban J connectivity index is 1.52. The van der Waals surface area contributed by atoms with Crippen molar-refractivity contribution in [3.8, 4) is 0 Å². The number of amides is 1. The van der Waals surface area contributed by atoms with Gasteiger partial charge in [-0.15, -0.1) is 0 Å². The monoisotopic (exact) mass is 411 g/mol. The highest BCUT2D eigenvalue weighted by atomic mass is 32.2. The molecule has 0 saturated carbocycles. The molecule has 9 heteroatoms. The van der Waals surface area contributed by atoms with Crippen LogP contribution in [0.1, 0.15) is 26.7 Å². The first-order valence-corrected chi connectivity index (χ1v) is 10.6. The fourth-order valence-corrected chi connectivity index (χ4v) is 3.66. The fourth-order valence-electron chi connectivity index (χ4n) is 2.90. The van der Waals surface area contributed by atoms with Gasteiger partial charge in [0.05, 0.1) is 0 Å². The van der Waals surface area contributed by atoms with Crippen LogP contribution in [0.3, 0.4) is 0 Å². The molecule has 0 unspecified atom stereocenters. The van der Waals surface area contributed by atoms with Crippen molar-refractivity contribution in [2.75, 3.05) is 28.6 Å². The molecule has 3 heterocycles. The summed E-state index contributed by atoms with van der Waals surface area (Å²) < 4.78 is 0. The Morgan fingerprint density at radius 3 is 2.62 bits per heavy atom. The molecule has 1 aromatic carbocycles. The smallest absolute Gasteiger partial charge is 0.224 e. The second-order valence-corrected chi connectivity index (χ2v) is 7.99. The van der Waals surface area contributed by atoms with Gasteiger partial charge in [0.2, 0.25) is 5.91 Å². The topological polar surface area (TPSA) is 114 Å². The van der Waals surface area contributed by atoms with Gasteiger partial charge in [0, 0.05) is 36.2 Å². The van der Waals surface area contributed by atoms with Gasteiger partial charge in [-0.3, -0.25) is 4.79 Å². The van der Waals surface area contributed by atoms with Crippen molar-refractivity contribution >= 4 is 35.0 Å². The van der Waals surface area contributed by atoms with Crippen LogP contribution >= 0.6 is 11.8 Å². The van der Waals surface area contributed by atoms with Crippen molar-refractivity contribution in [2.45, 2.75) is 42.5 Å². The van der Waals surface area contributed by atoms with Crippen LogP contribution in [0.2, 0.25) is 0 Å². The third kappa shape index (κ3) is 4.87. The number of anilines is 3. The molecule has 0 radical (unpaired) electrons. The molecule has 2 aliphatic rings. The van der Waals surface area contributed by atoms with E-state index in [2.05, 4.69) is 26.4 Å². The summed E-state index contributed by atoms with van der Waals surface area (Å²) in [5.74, 6) is 1.24. The molecule has 8 nitrogen and oxygen atoms in total. The SMILES string of the molecule is C/C=C/C1(Nc2cc(N3CCC3)nc(Sc3ccc(NC(=O)CC)cc3)n2)NN1. The number of rotatable bonds is 8. The Kier molecular flexibility index (Phi) is 5.70. The lowest BCUT2D eigenvalue weighted by Crippen LogP contribution is -2.38. The van der Waals surface area contributed by atoms with Crippen LogP contribution in [-0.2, 0) is 4.79 Å². The molecule has 0 aliphatic carbocycles. The maximum Gasteiger partial charge on any atom is 0.224 e. The molecule has 2 saturated heterocycles. The Labute approximate surface area is 174 Å². The average molecular weight is 412 g/mol. The number of aromatic nitrogens is 2. The van der Waals surface area contributed by atoms with Crippen molar-refractivity contribution in [3.05, 3.63) is 42.5 Å². The third-order valence-corrected chi connectivity index (χ3v) is 5.55. The molecule has 4 rings (SSSR count). The van der Waals surface area contributed by atoms with Crippen LogP contribution in [0.15, 0.2) is 52.5 Å². The van der Waals surface area contributed by atoms with E-state index in [9.17, 15) is 4.79 Å². The fraction of sp³-hybridized carbons (Fsp3) is 0.350. The Bertz CT molecular complexity index is 908. The lowest BCUT2D eigenvalue weighted by molar-refractivity contribution is -0.115. The molecule has 2 aromatic rings. The van der Waals surface area contributed by atoms with Gasteiger partial charge in [-0.05, 0) is 55.4 Å². The van der Waals surface area contributed by atoms with Crippen LogP contribution in [-0.4, -0.2) is 34.8 Å². The summed E-state index contributed by atoms with van der Waals surface area (Å²) in [7, 11) is 0. The molecule has 2 aliphatic heterocycles. The van der Waals surface area contributed by atoms with Crippen molar-refractivity contribution < 1.29 is 4.79 Å². The molecule has 1 amide bonds. The van der Waals surface area contributed by atoms with Crippen LogP contribution in [0.5, 0.6) is 0 Å². The van der Waals surface area contributed by atoms with Crippen molar-refractivity contribution in [1.29, 1.82) is 0 Å². The number of nitrogens with one attached hydrogen (secondary N) is 4. The van der Waals surface area contributed by atoms with E-state index in [1.165, 1.54) is 18.2 Å². The third-order valence-electron chi connectivity index (χ3n) is 4.68. The number of nitrogens with zero attached hydrogens (tertiary/aromatic N) is 3. The van der Waals surface area contributed by atoms with Crippen LogP contribution < -0.4 is 26.4 Å². The van der Waals surface area contributed by atoms with E-state index in [1.54, 1.807) is 0 Å². The zero-order chi connectivity index (χ0) is 20.3. The highest BCUT2D eigenvalue weighted by Gasteiger charge is 2.39. The summed E-state index contributed by atoms with van der Waals surface area (Å²) in [6.45, 7) is 5.84. The van der Waals surface area contributed by atoms with E-state index in [1.807, 2.05) is 56.3 Å². The van der Waals surface area contributed by atoms with Gasteiger partial charge < -0.3 is 15.5 Å². The summed E-state index contributed by atoms with van der Waals surface area (Å²) >= 11 is 1.50. The first-order valence-electron chi connectivity index (χ1n) is 9.77. The number of carbonyl (C=O) groups is 1. The maximum absolute atomic E-state index is 11.5. The molecule has 2 fully saturated rings. The minimum atomic E-state index is -0.448. The first-order chi connectivity index (χ1) is 14.1. The predicted octanol–water partition coefficient (Wildman–Crippen LogP) is 2.94. The zero-order valence-electron chi connectivity index (χ0n) is 16.5. The number of hydrazine groups is 1.